The number of aliphatic hydroxyl groups excluding tert-OH is 1. The Balaban J connectivity index is 1.91. The molecular formula is C16H24O3. The molecule has 1 fully saturated rings. The highest BCUT2D eigenvalue weighted by atomic mass is 16.5. The minimum atomic E-state index is -0.640. The van der Waals surface area contributed by atoms with E-state index >= 15 is 0 Å². The minimum absolute atomic E-state index is 0.297. The zero-order valence-corrected chi connectivity index (χ0v) is 11.6. The van der Waals surface area contributed by atoms with Gasteiger partial charge in [-0.15, -0.1) is 0 Å². The van der Waals surface area contributed by atoms with Crippen molar-refractivity contribution in [2.45, 2.75) is 57.2 Å². The Morgan fingerprint density at radius 3 is 2.74 bits per heavy atom. The van der Waals surface area contributed by atoms with Gasteiger partial charge in [-0.25, -0.2) is 0 Å². The number of hydrogen-bond donors (Lipinski definition) is 2. The first-order valence-electron chi connectivity index (χ1n) is 7.23. The van der Waals surface area contributed by atoms with Crippen molar-refractivity contribution in [2.24, 2.45) is 0 Å². The summed E-state index contributed by atoms with van der Waals surface area (Å²) in [6, 6.07) is 7.79. The topological polar surface area (TPSA) is 49.7 Å². The summed E-state index contributed by atoms with van der Waals surface area (Å²) in [6.07, 6.45) is 4.95. The Morgan fingerprint density at radius 1 is 1.32 bits per heavy atom. The second-order valence-corrected chi connectivity index (χ2v) is 5.63. The molecule has 0 amide bonds. The van der Waals surface area contributed by atoms with E-state index in [1.165, 1.54) is 0 Å². The van der Waals surface area contributed by atoms with E-state index in [9.17, 15) is 10.2 Å². The number of hydrogen-bond acceptors (Lipinski definition) is 3. The lowest BCUT2D eigenvalue weighted by atomic mass is 10.0. The Bertz CT molecular complexity index is 397. The van der Waals surface area contributed by atoms with Crippen LogP contribution in [0.25, 0.3) is 0 Å². The van der Waals surface area contributed by atoms with Crippen molar-refractivity contribution in [2.75, 3.05) is 6.61 Å². The van der Waals surface area contributed by atoms with Crippen molar-refractivity contribution < 1.29 is 14.9 Å². The lowest BCUT2D eigenvalue weighted by molar-refractivity contribution is 0.00137. The Kier molecular flexibility index (Phi) is 4.83. The number of rotatable bonds is 6. The highest BCUT2D eigenvalue weighted by Gasteiger charge is 2.31. The zero-order valence-electron chi connectivity index (χ0n) is 11.6. The molecule has 1 aromatic rings. The van der Waals surface area contributed by atoms with Gasteiger partial charge >= 0.3 is 0 Å². The molecule has 19 heavy (non-hydrogen) atoms. The maximum absolute atomic E-state index is 10.2. The summed E-state index contributed by atoms with van der Waals surface area (Å²) in [6.45, 7) is 2.34. The molecule has 0 aliphatic heterocycles. The molecule has 2 N–H and O–H groups in total. The normalized spacial score (nSPS) is 19.3. The molecule has 3 heteroatoms. The second kappa shape index (κ2) is 6.40. The van der Waals surface area contributed by atoms with Gasteiger partial charge in [0.2, 0.25) is 0 Å². The molecule has 2 rings (SSSR count). The van der Waals surface area contributed by atoms with Crippen molar-refractivity contribution in [3.05, 3.63) is 29.8 Å². The maximum atomic E-state index is 10.2. The summed E-state index contributed by atoms with van der Waals surface area (Å²) in [7, 11) is 0. The maximum Gasteiger partial charge on any atom is 0.119 e. The van der Waals surface area contributed by atoms with E-state index in [1.54, 1.807) is 0 Å². The third-order valence-electron chi connectivity index (χ3n) is 3.88. The van der Waals surface area contributed by atoms with Crippen LogP contribution < -0.4 is 4.74 Å². The summed E-state index contributed by atoms with van der Waals surface area (Å²) in [5.41, 5.74) is 0.434. The molecule has 1 atom stereocenters. The first kappa shape index (κ1) is 14.4. The fourth-order valence-electron chi connectivity index (χ4n) is 2.57. The van der Waals surface area contributed by atoms with Crippen LogP contribution in [0.15, 0.2) is 24.3 Å². The molecule has 3 nitrogen and oxygen atoms in total. The summed E-state index contributed by atoms with van der Waals surface area (Å²) in [4.78, 5) is 0. The Morgan fingerprint density at radius 2 is 2.05 bits per heavy atom. The molecule has 1 saturated carbocycles. The predicted octanol–water partition coefficient (Wildman–Crippen LogP) is 2.68. The van der Waals surface area contributed by atoms with Crippen molar-refractivity contribution in [1.29, 1.82) is 0 Å². The molecule has 0 radical (unpaired) electrons. The minimum Gasteiger partial charge on any atom is -0.491 e. The van der Waals surface area contributed by atoms with Gasteiger partial charge in [0.1, 0.15) is 12.4 Å². The van der Waals surface area contributed by atoms with Crippen LogP contribution in [0.5, 0.6) is 5.75 Å². The molecule has 1 aliphatic rings. The third-order valence-corrected chi connectivity index (χ3v) is 3.88. The van der Waals surface area contributed by atoms with Crippen LogP contribution in [0.1, 0.15) is 44.6 Å². The van der Waals surface area contributed by atoms with Gasteiger partial charge in [-0.2, -0.15) is 0 Å². The summed E-state index contributed by atoms with van der Waals surface area (Å²) >= 11 is 0. The first-order valence-corrected chi connectivity index (χ1v) is 7.23. The van der Waals surface area contributed by atoms with Crippen LogP contribution in [0.3, 0.4) is 0 Å². The van der Waals surface area contributed by atoms with Crippen LogP contribution in [-0.2, 0) is 6.42 Å². The second-order valence-electron chi connectivity index (χ2n) is 5.63. The molecule has 0 saturated heterocycles. The summed E-state index contributed by atoms with van der Waals surface area (Å²) < 4.78 is 5.72. The average molecular weight is 264 g/mol. The molecular weight excluding hydrogens is 240 g/mol. The quantitative estimate of drug-likeness (QED) is 0.830. The van der Waals surface area contributed by atoms with Crippen LogP contribution in [-0.4, -0.2) is 28.5 Å². The van der Waals surface area contributed by atoms with Gasteiger partial charge in [0.05, 0.1) is 11.7 Å². The van der Waals surface area contributed by atoms with Gasteiger partial charge in [-0.3, -0.25) is 0 Å². The van der Waals surface area contributed by atoms with E-state index in [2.05, 4.69) is 0 Å². The van der Waals surface area contributed by atoms with Gasteiger partial charge in [0.25, 0.3) is 0 Å². The molecule has 0 spiro atoms. The zero-order chi connectivity index (χ0) is 13.7. The van der Waals surface area contributed by atoms with E-state index < -0.39 is 5.60 Å². The SMILES string of the molecule is CC[C@H](O)Cc1cccc(OCC2(O)CCCC2)c1. The third kappa shape index (κ3) is 4.22. The Labute approximate surface area is 115 Å². The molecule has 0 unspecified atom stereocenters. The van der Waals surface area contributed by atoms with Gasteiger partial charge in [-0.05, 0) is 43.4 Å². The van der Waals surface area contributed by atoms with Gasteiger partial charge < -0.3 is 14.9 Å². The van der Waals surface area contributed by atoms with Gasteiger partial charge in [0.15, 0.2) is 0 Å². The van der Waals surface area contributed by atoms with E-state index in [0.29, 0.717) is 13.0 Å². The largest absolute Gasteiger partial charge is 0.491 e. The van der Waals surface area contributed by atoms with E-state index in [-0.39, 0.29) is 6.10 Å². The molecule has 106 valence electrons. The summed E-state index contributed by atoms with van der Waals surface area (Å²) in [5.74, 6) is 0.779. The van der Waals surface area contributed by atoms with Crippen molar-refractivity contribution >= 4 is 0 Å². The lowest BCUT2D eigenvalue weighted by Gasteiger charge is -2.22. The molecule has 0 bridgehead atoms. The van der Waals surface area contributed by atoms with E-state index in [4.69, 9.17) is 4.74 Å². The number of benzene rings is 1. The number of aliphatic hydroxyl groups is 2. The average Bonchev–Trinajstić information content (AvgIpc) is 2.84. The lowest BCUT2D eigenvalue weighted by Crippen LogP contribution is -2.32. The fraction of sp³-hybridized carbons (Fsp3) is 0.625. The van der Waals surface area contributed by atoms with Crippen LogP contribution in [0.2, 0.25) is 0 Å². The van der Waals surface area contributed by atoms with Gasteiger partial charge in [-0.1, -0.05) is 31.9 Å². The first-order chi connectivity index (χ1) is 9.11. The van der Waals surface area contributed by atoms with Crippen LogP contribution in [0, 0.1) is 0 Å². The highest BCUT2D eigenvalue weighted by Crippen LogP contribution is 2.30. The molecule has 1 aromatic carbocycles. The molecule has 0 aromatic heterocycles. The van der Waals surface area contributed by atoms with Crippen molar-refractivity contribution in [3.63, 3.8) is 0 Å². The highest BCUT2D eigenvalue weighted by molar-refractivity contribution is 5.29. The van der Waals surface area contributed by atoms with E-state index in [1.807, 2.05) is 31.2 Å². The fourth-order valence-corrected chi connectivity index (χ4v) is 2.57. The Hall–Kier alpha value is -1.06. The van der Waals surface area contributed by atoms with Crippen LogP contribution in [0.4, 0.5) is 0 Å². The predicted molar refractivity (Wildman–Crippen MR) is 75.4 cm³/mol. The summed E-state index contributed by atoms with van der Waals surface area (Å²) in [5, 5.41) is 19.9. The number of ether oxygens (including phenoxy) is 1. The molecule has 1 aliphatic carbocycles. The smallest absolute Gasteiger partial charge is 0.119 e. The van der Waals surface area contributed by atoms with Crippen molar-refractivity contribution in [1.82, 2.24) is 0 Å². The standard InChI is InChI=1S/C16H24O3/c1-2-14(17)10-13-6-5-7-15(11-13)19-12-16(18)8-3-4-9-16/h5-7,11,14,17-18H,2-4,8-10,12H2,1H3/t14-/m0/s1. The molecule has 0 heterocycles. The van der Waals surface area contributed by atoms with Crippen LogP contribution >= 0.6 is 0 Å². The van der Waals surface area contributed by atoms with E-state index in [0.717, 1.165) is 43.4 Å². The van der Waals surface area contributed by atoms with Crippen molar-refractivity contribution in [3.8, 4) is 5.75 Å². The monoisotopic (exact) mass is 264 g/mol. The van der Waals surface area contributed by atoms with Gasteiger partial charge in [0, 0.05) is 0 Å².